The van der Waals surface area contributed by atoms with E-state index < -0.39 is 14.1 Å². The zero-order chi connectivity index (χ0) is 32.6. The van der Waals surface area contributed by atoms with Crippen LogP contribution >= 0.6 is 0 Å². The van der Waals surface area contributed by atoms with Crippen LogP contribution in [0.3, 0.4) is 0 Å². The molecule has 0 radical (unpaired) electrons. The van der Waals surface area contributed by atoms with E-state index in [-0.39, 0.29) is 23.4 Å². The molecule has 0 N–H and O–H groups in total. The van der Waals surface area contributed by atoms with Crippen molar-refractivity contribution in [1.82, 2.24) is 0 Å². The van der Waals surface area contributed by atoms with Crippen LogP contribution in [0.25, 0.3) is 0 Å². The number of hydrogen-bond donors (Lipinski definition) is 0. The molecule has 4 atom stereocenters. The molecule has 0 bridgehead atoms. The summed E-state index contributed by atoms with van der Waals surface area (Å²) in [5, 5.41) is 2.49. The van der Waals surface area contributed by atoms with Crippen LogP contribution in [0.15, 0.2) is 115 Å². The van der Waals surface area contributed by atoms with Crippen LogP contribution in [-0.4, -0.2) is 52.7 Å². The Hall–Kier alpha value is -2.84. The Labute approximate surface area is 277 Å². The largest absolute Gasteiger partial charge is 0.407 e. The van der Waals surface area contributed by atoms with Crippen molar-refractivity contribution in [3.8, 4) is 0 Å². The Morgan fingerprint density at radius 2 is 1.35 bits per heavy atom. The van der Waals surface area contributed by atoms with Crippen molar-refractivity contribution in [2.45, 2.75) is 95.0 Å². The highest BCUT2D eigenvalue weighted by Gasteiger charge is 2.50. The molecule has 2 saturated heterocycles. The van der Waals surface area contributed by atoms with Crippen LogP contribution in [0.5, 0.6) is 0 Å². The maximum absolute atomic E-state index is 7.19. The zero-order valence-electron chi connectivity index (χ0n) is 28.2. The van der Waals surface area contributed by atoms with E-state index in [0.29, 0.717) is 32.7 Å². The normalized spacial score (nSPS) is 24.2. The summed E-state index contributed by atoms with van der Waals surface area (Å²) >= 11 is 0. The molecule has 5 nitrogen and oxygen atoms in total. The maximum Gasteiger partial charge on any atom is 0.261 e. The third-order valence-corrected chi connectivity index (χ3v) is 14.4. The Kier molecular flexibility index (Phi) is 11.5. The van der Waals surface area contributed by atoms with Gasteiger partial charge in [0, 0.05) is 26.6 Å². The molecule has 2 heterocycles. The maximum atomic E-state index is 7.19. The lowest BCUT2D eigenvalue weighted by molar-refractivity contribution is -0.276. The molecule has 6 heteroatoms. The van der Waals surface area contributed by atoms with Crippen molar-refractivity contribution < 1.29 is 23.4 Å². The highest BCUT2D eigenvalue weighted by atomic mass is 28.4. The standard InChI is InChI=1S/C40H52O5Si/c1-31-24-35(44-36(25-31)30-42-29-33-16-10-7-11-17-33)28-40(41-6)27-32(2)26-34(45-40)22-23-43-46(39(3,4)5,37-18-12-8-13-19-37)38-20-14-9-15-21-38/h7-21,34-36H,1-2,22-30H2,3-6H3/t34-,35+,36-,40-/m1/s1. The molecule has 0 aliphatic carbocycles. The van der Waals surface area contributed by atoms with E-state index >= 15 is 0 Å². The van der Waals surface area contributed by atoms with Crippen molar-refractivity contribution in [2.75, 3.05) is 20.3 Å². The van der Waals surface area contributed by atoms with Gasteiger partial charge < -0.3 is 23.4 Å². The molecule has 5 rings (SSSR count). The van der Waals surface area contributed by atoms with E-state index in [0.717, 1.165) is 36.8 Å². The van der Waals surface area contributed by atoms with Crippen LogP contribution in [0.1, 0.15) is 64.9 Å². The lowest BCUT2D eigenvalue weighted by Gasteiger charge is -2.45. The van der Waals surface area contributed by atoms with Crippen LogP contribution in [0.2, 0.25) is 5.04 Å². The summed E-state index contributed by atoms with van der Waals surface area (Å²) in [6.45, 7) is 17.4. The molecular formula is C40H52O5Si. The molecule has 0 aromatic heterocycles. The number of hydrogen-bond acceptors (Lipinski definition) is 5. The van der Waals surface area contributed by atoms with E-state index in [4.69, 9.17) is 23.4 Å². The first-order valence-corrected chi connectivity index (χ1v) is 18.6. The molecule has 0 amide bonds. The van der Waals surface area contributed by atoms with Crippen LogP contribution in [0.4, 0.5) is 0 Å². The predicted molar refractivity (Wildman–Crippen MR) is 189 cm³/mol. The number of rotatable bonds is 13. The third kappa shape index (κ3) is 8.35. The Morgan fingerprint density at radius 3 is 1.93 bits per heavy atom. The first-order valence-electron chi connectivity index (χ1n) is 16.7. The van der Waals surface area contributed by atoms with Gasteiger partial charge >= 0.3 is 0 Å². The molecule has 246 valence electrons. The summed E-state index contributed by atoms with van der Waals surface area (Å²) in [7, 11) is -0.886. The number of ether oxygens (including phenoxy) is 4. The van der Waals surface area contributed by atoms with Gasteiger partial charge in [-0.05, 0) is 46.7 Å². The summed E-state index contributed by atoms with van der Waals surface area (Å²) in [5.74, 6) is -0.796. The minimum absolute atomic E-state index is 0.0358. The Balaban J connectivity index is 1.24. The summed E-state index contributed by atoms with van der Waals surface area (Å²) in [4.78, 5) is 0. The molecule has 0 saturated carbocycles. The average Bonchev–Trinajstić information content (AvgIpc) is 3.03. The minimum atomic E-state index is -2.63. The van der Waals surface area contributed by atoms with Crippen molar-refractivity contribution in [1.29, 1.82) is 0 Å². The van der Waals surface area contributed by atoms with Crippen molar-refractivity contribution in [3.05, 3.63) is 121 Å². The quantitative estimate of drug-likeness (QED) is 0.141. The number of benzene rings is 3. The Bertz CT molecular complexity index is 1360. The van der Waals surface area contributed by atoms with Gasteiger partial charge in [-0.15, -0.1) is 0 Å². The molecule has 2 fully saturated rings. The second kappa shape index (κ2) is 15.4. The van der Waals surface area contributed by atoms with E-state index in [1.165, 1.54) is 15.9 Å². The van der Waals surface area contributed by atoms with Gasteiger partial charge in [0.15, 0.2) is 5.79 Å². The van der Waals surface area contributed by atoms with E-state index in [2.05, 4.69) is 107 Å². The minimum Gasteiger partial charge on any atom is -0.407 e. The second-order valence-corrected chi connectivity index (χ2v) is 18.3. The second-order valence-electron chi connectivity index (χ2n) is 14.0. The van der Waals surface area contributed by atoms with Crippen LogP contribution < -0.4 is 10.4 Å². The lowest BCUT2D eigenvalue weighted by atomic mass is 9.88. The van der Waals surface area contributed by atoms with Crippen LogP contribution in [0, 0.1) is 0 Å². The highest BCUT2D eigenvalue weighted by Crippen LogP contribution is 2.41. The fourth-order valence-electron chi connectivity index (χ4n) is 7.30. The predicted octanol–water partition coefficient (Wildman–Crippen LogP) is 7.74. The highest BCUT2D eigenvalue weighted by molar-refractivity contribution is 6.99. The van der Waals surface area contributed by atoms with Crippen molar-refractivity contribution in [2.24, 2.45) is 0 Å². The summed E-state index contributed by atoms with van der Waals surface area (Å²) in [6, 6.07) is 31.8. The molecular weight excluding hydrogens is 589 g/mol. The molecule has 2 aliphatic heterocycles. The fourth-order valence-corrected chi connectivity index (χ4v) is 11.9. The van der Waals surface area contributed by atoms with E-state index in [1.807, 2.05) is 18.2 Å². The lowest BCUT2D eigenvalue weighted by Crippen LogP contribution is -2.66. The van der Waals surface area contributed by atoms with Crippen molar-refractivity contribution in [3.63, 3.8) is 0 Å². The van der Waals surface area contributed by atoms with Gasteiger partial charge in [0.25, 0.3) is 8.32 Å². The molecule has 0 spiro atoms. The molecule has 46 heavy (non-hydrogen) atoms. The van der Waals surface area contributed by atoms with Gasteiger partial charge in [0.05, 0.1) is 31.5 Å². The molecule has 0 unspecified atom stereocenters. The third-order valence-electron chi connectivity index (χ3n) is 9.34. The van der Waals surface area contributed by atoms with E-state index in [9.17, 15) is 0 Å². The Morgan fingerprint density at radius 1 is 0.783 bits per heavy atom. The smallest absolute Gasteiger partial charge is 0.261 e. The first-order chi connectivity index (χ1) is 22.1. The van der Waals surface area contributed by atoms with Gasteiger partial charge in [-0.2, -0.15) is 0 Å². The van der Waals surface area contributed by atoms with Gasteiger partial charge in [-0.1, -0.05) is 136 Å². The SMILES string of the molecule is C=C1C[C@H](COCc2ccccc2)O[C@H](C[C@@]2(OC)CC(=C)C[C@@H](CCO[Si](c3ccccc3)(c3ccccc3)C(C)(C)C)O2)C1. The van der Waals surface area contributed by atoms with Gasteiger partial charge in [0.1, 0.15) is 0 Å². The summed E-state index contributed by atoms with van der Waals surface area (Å²) < 4.78 is 32.8. The summed E-state index contributed by atoms with van der Waals surface area (Å²) in [5.41, 5.74) is 3.48. The summed E-state index contributed by atoms with van der Waals surface area (Å²) in [6.07, 6.45) is 4.25. The number of methoxy groups -OCH3 is 1. The van der Waals surface area contributed by atoms with E-state index in [1.54, 1.807) is 7.11 Å². The first kappa shape index (κ1) is 34.5. The van der Waals surface area contributed by atoms with Gasteiger partial charge in [0.2, 0.25) is 0 Å². The van der Waals surface area contributed by atoms with Crippen LogP contribution in [-0.2, 0) is 30.0 Å². The van der Waals surface area contributed by atoms with Gasteiger partial charge in [-0.25, -0.2) is 0 Å². The zero-order valence-corrected chi connectivity index (χ0v) is 29.2. The average molecular weight is 641 g/mol. The van der Waals surface area contributed by atoms with Gasteiger partial charge in [-0.3, -0.25) is 0 Å². The topological polar surface area (TPSA) is 46.2 Å². The fraction of sp³-hybridized carbons (Fsp3) is 0.450. The molecule has 3 aromatic carbocycles. The van der Waals surface area contributed by atoms with Crippen molar-refractivity contribution >= 4 is 18.7 Å². The molecule has 3 aromatic rings. The monoisotopic (exact) mass is 640 g/mol. The molecule has 2 aliphatic rings.